The zero-order chi connectivity index (χ0) is 13.5. The van der Waals surface area contributed by atoms with Gasteiger partial charge >= 0.3 is 0 Å². The van der Waals surface area contributed by atoms with Crippen LogP contribution < -0.4 is 10.5 Å². The van der Waals surface area contributed by atoms with Crippen molar-refractivity contribution >= 4 is 0 Å². The first-order valence-corrected chi connectivity index (χ1v) is 6.95. The van der Waals surface area contributed by atoms with Crippen molar-refractivity contribution in [3.63, 3.8) is 0 Å². The maximum atomic E-state index is 13.8. The normalized spacial score (nSPS) is 16.3. The molecule has 1 aromatic rings. The molecule has 0 radical (unpaired) electrons. The van der Waals surface area contributed by atoms with Crippen molar-refractivity contribution in [2.45, 2.75) is 44.6 Å². The summed E-state index contributed by atoms with van der Waals surface area (Å²) >= 11 is 0. The average molecular weight is 261 g/mol. The van der Waals surface area contributed by atoms with E-state index in [9.17, 15) is 4.39 Å². The molecule has 1 fully saturated rings. The van der Waals surface area contributed by atoms with Gasteiger partial charge in [0.1, 0.15) is 11.6 Å². The molecule has 0 unspecified atom stereocenters. The second-order valence-electron chi connectivity index (χ2n) is 4.88. The van der Waals surface area contributed by atoms with Gasteiger partial charge in [0.05, 0.1) is 18.2 Å². The number of rotatable bonds is 2. The van der Waals surface area contributed by atoms with Crippen LogP contribution in [0.15, 0.2) is 18.2 Å². The highest BCUT2D eigenvalue weighted by atomic mass is 19.1. The summed E-state index contributed by atoms with van der Waals surface area (Å²) < 4.78 is 19.6. The molecule has 0 spiro atoms. The first-order valence-electron chi connectivity index (χ1n) is 6.95. The molecule has 3 heteroatoms. The van der Waals surface area contributed by atoms with Crippen molar-refractivity contribution in [1.29, 1.82) is 0 Å². The van der Waals surface area contributed by atoms with E-state index < -0.39 is 0 Å². The summed E-state index contributed by atoms with van der Waals surface area (Å²) in [6, 6.07) is 4.87. The molecular formula is C16H20FNO. The Hall–Kier alpha value is -1.53. The molecular weight excluding hydrogens is 241 g/mol. The molecule has 19 heavy (non-hydrogen) atoms. The number of ether oxygens (including phenoxy) is 1. The van der Waals surface area contributed by atoms with Gasteiger partial charge in [-0.3, -0.25) is 0 Å². The molecule has 0 atom stereocenters. The Bertz CT molecular complexity index is 467. The fourth-order valence-corrected chi connectivity index (χ4v) is 2.37. The molecule has 1 aliphatic rings. The zero-order valence-corrected chi connectivity index (χ0v) is 11.1. The Morgan fingerprint density at radius 3 is 2.58 bits per heavy atom. The monoisotopic (exact) mass is 261 g/mol. The van der Waals surface area contributed by atoms with Gasteiger partial charge in [-0.15, -0.1) is 0 Å². The molecule has 2 N–H and O–H groups in total. The third-order valence-electron chi connectivity index (χ3n) is 3.37. The highest BCUT2D eigenvalue weighted by Crippen LogP contribution is 2.24. The van der Waals surface area contributed by atoms with Crippen molar-refractivity contribution in [2.75, 3.05) is 6.54 Å². The average Bonchev–Trinajstić information content (AvgIpc) is 2.66. The van der Waals surface area contributed by atoms with Crippen LogP contribution >= 0.6 is 0 Å². The van der Waals surface area contributed by atoms with Crippen LogP contribution in [0.2, 0.25) is 0 Å². The first-order chi connectivity index (χ1) is 9.29. The quantitative estimate of drug-likeness (QED) is 0.655. The third kappa shape index (κ3) is 4.25. The Morgan fingerprint density at radius 1 is 1.21 bits per heavy atom. The van der Waals surface area contributed by atoms with Crippen LogP contribution in [0.5, 0.6) is 5.75 Å². The van der Waals surface area contributed by atoms with Gasteiger partial charge in [0, 0.05) is 6.07 Å². The fraction of sp³-hybridized carbons (Fsp3) is 0.500. The number of benzene rings is 1. The Kier molecular flexibility index (Phi) is 5.23. The maximum Gasteiger partial charge on any atom is 0.142 e. The van der Waals surface area contributed by atoms with Gasteiger partial charge in [-0.2, -0.15) is 0 Å². The summed E-state index contributed by atoms with van der Waals surface area (Å²) in [6.07, 6.45) is 7.32. The van der Waals surface area contributed by atoms with E-state index in [0.29, 0.717) is 11.3 Å². The predicted molar refractivity (Wildman–Crippen MR) is 74.5 cm³/mol. The van der Waals surface area contributed by atoms with Crippen LogP contribution in [0.1, 0.15) is 44.1 Å². The minimum Gasteiger partial charge on any atom is -0.490 e. The summed E-state index contributed by atoms with van der Waals surface area (Å²) in [7, 11) is 0. The lowest BCUT2D eigenvalue weighted by Gasteiger charge is -2.17. The highest BCUT2D eigenvalue weighted by molar-refractivity contribution is 5.39. The molecule has 0 heterocycles. The van der Waals surface area contributed by atoms with Gasteiger partial charge in [0.25, 0.3) is 0 Å². The minimum absolute atomic E-state index is 0.225. The van der Waals surface area contributed by atoms with Gasteiger partial charge in [-0.25, -0.2) is 4.39 Å². The van der Waals surface area contributed by atoms with Crippen LogP contribution in [0.3, 0.4) is 0 Å². The van der Waals surface area contributed by atoms with E-state index >= 15 is 0 Å². The molecule has 0 amide bonds. The fourth-order valence-electron chi connectivity index (χ4n) is 2.37. The summed E-state index contributed by atoms with van der Waals surface area (Å²) in [5.74, 6) is 5.62. The lowest BCUT2D eigenvalue weighted by atomic mass is 10.1. The third-order valence-corrected chi connectivity index (χ3v) is 3.37. The molecule has 1 aliphatic carbocycles. The van der Waals surface area contributed by atoms with Gasteiger partial charge in [0.2, 0.25) is 0 Å². The molecule has 1 aromatic carbocycles. The summed E-state index contributed by atoms with van der Waals surface area (Å²) in [4.78, 5) is 0. The topological polar surface area (TPSA) is 35.2 Å². The van der Waals surface area contributed by atoms with Crippen molar-refractivity contribution in [3.05, 3.63) is 29.6 Å². The lowest BCUT2D eigenvalue weighted by Crippen LogP contribution is -2.15. The van der Waals surface area contributed by atoms with Gasteiger partial charge in [-0.05, 0) is 37.8 Å². The minimum atomic E-state index is -0.341. The van der Waals surface area contributed by atoms with Gasteiger partial charge in [-0.1, -0.05) is 24.7 Å². The molecule has 0 bridgehead atoms. The molecule has 0 aliphatic heterocycles. The smallest absolute Gasteiger partial charge is 0.142 e. The maximum absolute atomic E-state index is 13.8. The zero-order valence-electron chi connectivity index (χ0n) is 11.1. The van der Waals surface area contributed by atoms with Crippen LogP contribution in [0.25, 0.3) is 0 Å². The van der Waals surface area contributed by atoms with Crippen molar-refractivity contribution in [1.82, 2.24) is 0 Å². The summed E-state index contributed by atoms with van der Waals surface area (Å²) in [5.41, 5.74) is 5.65. The molecule has 0 aromatic heterocycles. The first kappa shape index (κ1) is 13.9. The number of hydrogen-bond acceptors (Lipinski definition) is 2. The van der Waals surface area contributed by atoms with Crippen LogP contribution in [-0.2, 0) is 0 Å². The van der Waals surface area contributed by atoms with Crippen molar-refractivity contribution < 1.29 is 9.13 Å². The van der Waals surface area contributed by atoms with Crippen LogP contribution in [-0.4, -0.2) is 12.6 Å². The Balaban J connectivity index is 2.02. The van der Waals surface area contributed by atoms with E-state index in [1.807, 2.05) is 0 Å². The summed E-state index contributed by atoms with van der Waals surface area (Å²) in [6.45, 7) is 0.236. The van der Waals surface area contributed by atoms with E-state index in [1.54, 1.807) is 12.1 Å². The largest absolute Gasteiger partial charge is 0.490 e. The number of nitrogens with two attached hydrogens (primary N) is 1. The molecule has 2 rings (SSSR count). The van der Waals surface area contributed by atoms with E-state index in [4.69, 9.17) is 10.5 Å². The Morgan fingerprint density at radius 2 is 1.95 bits per heavy atom. The second kappa shape index (κ2) is 7.16. The Labute approximate surface area is 114 Å². The second-order valence-corrected chi connectivity index (χ2v) is 4.88. The van der Waals surface area contributed by atoms with E-state index in [2.05, 4.69) is 11.8 Å². The van der Waals surface area contributed by atoms with Crippen LogP contribution in [0.4, 0.5) is 4.39 Å². The van der Waals surface area contributed by atoms with E-state index in [1.165, 1.54) is 31.7 Å². The molecule has 102 valence electrons. The van der Waals surface area contributed by atoms with Gasteiger partial charge in [0.15, 0.2) is 0 Å². The highest BCUT2D eigenvalue weighted by Gasteiger charge is 2.14. The predicted octanol–water partition coefficient (Wildman–Crippen LogP) is 3.24. The molecule has 2 nitrogen and oxygen atoms in total. The number of halogens is 1. The standard InChI is InChI=1S/C16H20FNO/c17-16-12-15(10-9-13(16)6-5-11-18)19-14-7-3-1-2-4-8-14/h9-10,12,14H,1-4,7-8,11,18H2. The van der Waals surface area contributed by atoms with Crippen molar-refractivity contribution in [3.8, 4) is 17.6 Å². The SMILES string of the molecule is NCC#Cc1ccc(OC2CCCCCC2)cc1F. The van der Waals surface area contributed by atoms with Crippen LogP contribution in [0, 0.1) is 17.7 Å². The van der Waals surface area contributed by atoms with E-state index in [-0.39, 0.29) is 18.5 Å². The number of hydrogen-bond donors (Lipinski definition) is 1. The van der Waals surface area contributed by atoms with Gasteiger partial charge < -0.3 is 10.5 Å². The van der Waals surface area contributed by atoms with E-state index in [0.717, 1.165) is 12.8 Å². The summed E-state index contributed by atoms with van der Waals surface area (Å²) in [5, 5.41) is 0. The lowest BCUT2D eigenvalue weighted by molar-refractivity contribution is 0.183. The van der Waals surface area contributed by atoms with Crippen molar-refractivity contribution in [2.24, 2.45) is 5.73 Å². The molecule has 0 saturated heterocycles. The molecule has 1 saturated carbocycles.